The molecule has 2 N–H and O–H groups in total. The Morgan fingerprint density at radius 1 is 1.09 bits per heavy atom. The summed E-state index contributed by atoms with van der Waals surface area (Å²) in [6.45, 7) is 5.88. The van der Waals surface area contributed by atoms with Gasteiger partial charge in [0.1, 0.15) is 5.84 Å². The Kier molecular flexibility index (Phi) is 8.88. The molecule has 0 radical (unpaired) electrons. The number of nitrogens with one attached hydrogen (secondary N) is 2. The maximum absolute atomic E-state index is 11.8. The third-order valence-electron chi connectivity index (χ3n) is 5.97. The number of rotatable bonds is 9. The van der Waals surface area contributed by atoms with Crippen LogP contribution >= 0.6 is 11.6 Å². The van der Waals surface area contributed by atoms with E-state index >= 15 is 0 Å². The smallest absolute Gasteiger partial charge is 0.155 e. The van der Waals surface area contributed by atoms with Crippen LogP contribution in [0.5, 0.6) is 0 Å². The zero-order valence-corrected chi connectivity index (χ0v) is 20.3. The van der Waals surface area contributed by atoms with Gasteiger partial charge in [0.25, 0.3) is 0 Å². The van der Waals surface area contributed by atoms with E-state index in [1.807, 2.05) is 54.4 Å². The van der Waals surface area contributed by atoms with Crippen LogP contribution in [0.2, 0.25) is 5.02 Å². The topological polar surface area (TPSA) is 65.9 Å². The lowest BCUT2D eigenvalue weighted by molar-refractivity contribution is -0.104. The summed E-state index contributed by atoms with van der Waals surface area (Å²) in [5.74, 6) is 0.113. The summed E-state index contributed by atoms with van der Waals surface area (Å²) >= 11 is 6.30. The van der Waals surface area contributed by atoms with E-state index in [0.29, 0.717) is 10.6 Å². The predicted octanol–water partition coefficient (Wildman–Crippen LogP) is 3.44. The van der Waals surface area contributed by atoms with E-state index in [1.165, 1.54) is 0 Å². The third-order valence-corrected chi connectivity index (χ3v) is 6.20. The van der Waals surface area contributed by atoms with Crippen LogP contribution in [0.15, 0.2) is 60.3 Å². The van der Waals surface area contributed by atoms with Gasteiger partial charge >= 0.3 is 0 Å². The lowest BCUT2D eigenvalue weighted by atomic mass is 10.1. The molecule has 1 heterocycles. The van der Waals surface area contributed by atoms with E-state index in [9.17, 15) is 4.79 Å². The molecule has 1 aliphatic rings. The van der Waals surface area contributed by atoms with Gasteiger partial charge in [-0.15, -0.1) is 0 Å². The number of likely N-dealkylation sites (N-methyl/N-ethyl adjacent to an activating group) is 2. The number of carbonyl (C=O) groups is 1. The summed E-state index contributed by atoms with van der Waals surface area (Å²) in [5, 5.41) is 12.5. The van der Waals surface area contributed by atoms with E-state index in [4.69, 9.17) is 17.0 Å². The molecule has 0 unspecified atom stereocenters. The van der Waals surface area contributed by atoms with Crippen molar-refractivity contribution in [3.63, 3.8) is 0 Å². The molecule has 0 aromatic heterocycles. The molecule has 3 rings (SSSR count). The van der Waals surface area contributed by atoms with Crippen molar-refractivity contribution in [3.05, 3.63) is 65.3 Å². The van der Waals surface area contributed by atoms with E-state index in [2.05, 4.69) is 22.2 Å². The average molecular weight is 469 g/mol. The molecule has 1 saturated heterocycles. The second-order valence-electron chi connectivity index (χ2n) is 8.25. The fraction of sp³-hybridized carbons (Fsp3) is 0.360. The molecular formula is C25H33ClN6O. The van der Waals surface area contributed by atoms with Crippen molar-refractivity contribution in [1.29, 1.82) is 5.41 Å². The molecule has 1 aliphatic heterocycles. The van der Waals surface area contributed by atoms with E-state index < -0.39 is 0 Å². The zero-order chi connectivity index (χ0) is 23.8. The molecule has 33 heavy (non-hydrogen) atoms. The van der Waals surface area contributed by atoms with Crippen molar-refractivity contribution < 1.29 is 4.79 Å². The quantitative estimate of drug-likeness (QED) is 0.193. The van der Waals surface area contributed by atoms with Crippen LogP contribution in [0, 0.1) is 5.41 Å². The molecule has 8 heteroatoms. The Morgan fingerprint density at radius 3 is 2.45 bits per heavy atom. The number of nitrogens with zero attached hydrogens (tertiary/aromatic N) is 4. The summed E-state index contributed by atoms with van der Waals surface area (Å²) in [6.07, 6.45) is 2.36. The van der Waals surface area contributed by atoms with Crippen molar-refractivity contribution in [2.24, 2.45) is 0 Å². The minimum Gasteiger partial charge on any atom is -0.389 e. The zero-order valence-electron chi connectivity index (χ0n) is 19.6. The van der Waals surface area contributed by atoms with Gasteiger partial charge in [-0.1, -0.05) is 29.8 Å². The molecule has 0 aliphatic carbocycles. The van der Waals surface area contributed by atoms with E-state index in [0.717, 1.165) is 62.6 Å². The molecule has 176 valence electrons. The molecule has 0 bridgehead atoms. The van der Waals surface area contributed by atoms with E-state index in [-0.39, 0.29) is 5.84 Å². The summed E-state index contributed by atoms with van der Waals surface area (Å²) in [4.78, 5) is 20.2. The summed E-state index contributed by atoms with van der Waals surface area (Å²) in [6, 6.07) is 15.5. The first-order valence-electron chi connectivity index (χ1n) is 11.1. The molecule has 0 amide bonds. The Balaban J connectivity index is 1.70. The fourth-order valence-electron chi connectivity index (χ4n) is 3.79. The number of carbonyl (C=O) groups excluding carboxylic acids is 1. The second kappa shape index (κ2) is 11.8. The standard InChI is InChI=1S/C25H33ClN6O/c1-29-13-15-32(16-14-29)12-11-28-18-20(19-33)25(27)31(3)23-10-9-21(26)17-24(23)30(2)22-7-5-4-6-8-22/h4-10,17-19,27-28H,11-16H2,1-3H3/b20-18-,27-25?. The highest BCUT2D eigenvalue weighted by Gasteiger charge is 2.19. The van der Waals surface area contributed by atoms with Gasteiger partial charge in [-0.3, -0.25) is 15.1 Å². The minimum atomic E-state index is 0.113. The summed E-state index contributed by atoms with van der Waals surface area (Å²) in [7, 11) is 5.88. The lowest BCUT2D eigenvalue weighted by Crippen LogP contribution is -2.46. The number of halogens is 1. The van der Waals surface area contributed by atoms with Gasteiger partial charge in [0.05, 0.1) is 16.9 Å². The highest BCUT2D eigenvalue weighted by Crippen LogP contribution is 2.35. The fourth-order valence-corrected chi connectivity index (χ4v) is 3.95. The second-order valence-corrected chi connectivity index (χ2v) is 8.69. The van der Waals surface area contributed by atoms with Crippen LogP contribution in [0.1, 0.15) is 0 Å². The number of amidine groups is 1. The first kappa shape index (κ1) is 24.8. The highest BCUT2D eigenvalue weighted by atomic mass is 35.5. The number of benzene rings is 2. The highest BCUT2D eigenvalue weighted by molar-refractivity contribution is 6.31. The number of para-hydroxylation sites is 1. The number of aldehydes is 1. The molecule has 0 saturated carbocycles. The summed E-state index contributed by atoms with van der Waals surface area (Å²) in [5.41, 5.74) is 2.91. The monoisotopic (exact) mass is 468 g/mol. The Labute approximate surface area is 201 Å². The van der Waals surface area contributed by atoms with Crippen molar-refractivity contribution >= 4 is 40.8 Å². The molecule has 2 aromatic carbocycles. The maximum atomic E-state index is 11.8. The predicted molar refractivity (Wildman–Crippen MR) is 138 cm³/mol. The molecule has 2 aromatic rings. The van der Waals surface area contributed by atoms with Gasteiger partial charge in [0.15, 0.2) is 6.29 Å². The largest absolute Gasteiger partial charge is 0.389 e. The first-order chi connectivity index (χ1) is 15.9. The van der Waals surface area contributed by atoms with Crippen molar-refractivity contribution in [2.45, 2.75) is 0 Å². The van der Waals surface area contributed by atoms with Crippen molar-refractivity contribution in [3.8, 4) is 0 Å². The van der Waals surface area contributed by atoms with Crippen LogP contribution in [0.3, 0.4) is 0 Å². The Bertz CT molecular complexity index is 972. The van der Waals surface area contributed by atoms with Gasteiger partial charge in [0.2, 0.25) is 0 Å². The van der Waals surface area contributed by atoms with Crippen LogP contribution < -0.4 is 15.1 Å². The average Bonchev–Trinajstić information content (AvgIpc) is 2.84. The Morgan fingerprint density at radius 2 is 1.79 bits per heavy atom. The molecule has 7 nitrogen and oxygen atoms in total. The van der Waals surface area contributed by atoms with Gasteiger partial charge in [-0.25, -0.2) is 0 Å². The van der Waals surface area contributed by atoms with Gasteiger partial charge < -0.3 is 20.0 Å². The van der Waals surface area contributed by atoms with Crippen LogP contribution in [0.25, 0.3) is 0 Å². The van der Waals surface area contributed by atoms with Crippen LogP contribution in [-0.4, -0.2) is 82.3 Å². The number of piperazine rings is 1. The maximum Gasteiger partial charge on any atom is 0.155 e. The van der Waals surface area contributed by atoms with Crippen LogP contribution in [0.4, 0.5) is 17.1 Å². The SMILES string of the molecule is CN1CCN(CCN/C=C(/C=O)C(=N)N(C)c2ccc(Cl)cc2N(C)c2ccccc2)CC1. The molecule has 1 fully saturated rings. The number of anilines is 3. The molecular weight excluding hydrogens is 436 g/mol. The summed E-state index contributed by atoms with van der Waals surface area (Å²) < 4.78 is 0. The normalized spacial score (nSPS) is 15.2. The number of hydrogen-bond acceptors (Lipinski definition) is 6. The minimum absolute atomic E-state index is 0.113. The lowest BCUT2D eigenvalue weighted by Gasteiger charge is -2.32. The van der Waals surface area contributed by atoms with Crippen LogP contribution in [-0.2, 0) is 4.79 Å². The van der Waals surface area contributed by atoms with Gasteiger partial charge in [0, 0.05) is 70.3 Å². The van der Waals surface area contributed by atoms with Gasteiger partial charge in [-0.05, 0) is 37.4 Å². The third kappa shape index (κ3) is 6.57. The van der Waals surface area contributed by atoms with Gasteiger partial charge in [-0.2, -0.15) is 0 Å². The van der Waals surface area contributed by atoms with Crippen molar-refractivity contribution in [2.75, 3.05) is 70.2 Å². The van der Waals surface area contributed by atoms with E-state index in [1.54, 1.807) is 24.2 Å². The van der Waals surface area contributed by atoms with Crippen molar-refractivity contribution in [1.82, 2.24) is 15.1 Å². The molecule has 0 spiro atoms. The Hall–Kier alpha value is -2.87. The molecule has 0 atom stereocenters. The first-order valence-corrected chi connectivity index (χ1v) is 11.5. The number of hydrogen-bond donors (Lipinski definition) is 2.